The lowest BCUT2D eigenvalue weighted by Gasteiger charge is -2.31. The minimum atomic E-state index is 0.00679. The molecule has 0 aliphatic carbocycles. The van der Waals surface area contributed by atoms with Crippen molar-refractivity contribution in [2.24, 2.45) is 0 Å². The molecular weight excluding hydrogens is 340 g/mol. The smallest absolute Gasteiger partial charge is 0.226 e. The number of piperidine rings is 1. The molecule has 0 aromatic carbocycles. The normalized spacial score (nSPS) is 21.1. The number of nitrogens with zero attached hydrogens (tertiary/aromatic N) is 5. The molecule has 1 saturated heterocycles. The van der Waals surface area contributed by atoms with Gasteiger partial charge in [0.15, 0.2) is 0 Å². The van der Waals surface area contributed by atoms with Crippen molar-refractivity contribution in [2.45, 2.75) is 51.6 Å². The topological polar surface area (TPSA) is 68.0 Å². The number of rotatable bonds is 4. The van der Waals surface area contributed by atoms with Crippen LogP contribution in [0.3, 0.4) is 0 Å². The number of amides is 1. The molecule has 7 nitrogen and oxygen atoms in total. The molecule has 1 unspecified atom stereocenters. The summed E-state index contributed by atoms with van der Waals surface area (Å²) in [7, 11) is 2.15. The van der Waals surface area contributed by atoms with Crippen LogP contribution in [0.4, 0.5) is 5.82 Å². The zero-order valence-electron chi connectivity index (χ0n) is 16.4. The minimum Gasteiger partial charge on any atom is -0.311 e. The summed E-state index contributed by atoms with van der Waals surface area (Å²) in [6.07, 6.45) is 6.34. The Balaban J connectivity index is 1.73. The molecule has 2 aliphatic heterocycles. The van der Waals surface area contributed by atoms with E-state index in [9.17, 15) is 4.79 Å². The van der Waals surface area contributed by atoms with Crippen LogP contribution in [0.1, 0.15) is 53.7 Å². The maximum atomic E-state index is 12.5. The molecule has 2 aromatic rings. The molecule has 2 aromatic heterocycles. The summed E-state index contributed by atoms with van der Waals surface area (Å²) in [4.78, 5) is 14.9. The van der Waals surface area contributed by atoms with Gasteiger partial charge in [-0.25, -0.2) is 4.68 Å². The lowest BCUT2D eigenvalue weighted by Crippen LogP contribution is -2.33. The van der Waals surface area contributed by atoms with Crippen LogP contribution in [0.2, 0.25) is 0 Å². The first-order chi connectivity index (χ1) is 13.0. The van der Waals surface area contributed by atoms with Crippen LogP contribution in [0, 0.1) is 13.8 Å². The van der Waals surface area contributed by atoms with Gasteiger partial charge in [0.1, 0.15) is 5.82 Å². The van der Waals surface area contributed by atoms with Crippen LogP contribution in [-0.4, -0.2) is 50.5 Å². The van der Waals surface area contributed by atoms with Crippen LogP contribution >= 0.6 is 0 Å². The highest BCUT2D eigenvalue weighted by Crippen LogP contribution is 2.41. The molecule has 1 fully saturated rings. The lowest BCUT2D eigenvalue weighted by atomic mass is 9.86. The van der Waals surface area contributed by atoms with Crippen molar-refractivity contribution in [1.82, 2.24) is 24.5 Å². The van der Waals surface area contributed by atoms with E-state index in [0.29, 0.717) is 19.0 Å². The number of allylic oxidation sites excluding steroid dienone is 1. The molecule has 4 rings (SSSR count). The molecule has 7 heteroatoms. The molecule has 1 N–H and O–H groups in total. The van der Waals surface area contributed by atoms with Crippen molar-refractivity contribution in [3.8, 4) is 0 Å². The zero-order valence-corrected chi connectivity index (χ0v) is 16.4. The third-order valence-corrected chi connectivity index (χ3v) is 5.97. The summed E-state index contributed by atoms with van der Waals surface area (Å²) in [5.41, 5.74) is 4.34. The number of anilines is 1. The summed E-state index contributed by atoms with van der Waals surface area (Å²) in [6.45, 7) is 10.7. The summed E-state index contributed by atoms with van der Waals surface area (Å²) in [6, 6.07) is 0.342. The monoisotopic (exact) mass is 368 g/mol. The van der Waals surface area contributed by atoms with Crippen LogP contribution in [0.25, 0.3) is 0 Å². The number of likely N-dealkylation sites (tertiary alicyclic amines) is 1. The summed E-state index contributed by atoms with van der Waals surface area (Å²) >= 11 is 0. The maximum absolute atomic E-state index is 12.5. The second-order valence-corrected chi connectivity index (χ2v) is 7.79. The van der Waals surface area contributed by atoms with E-state index in [2.05, 4.69) is 35.9 Å². The van der Waals surface area contributed by atoms with Crippen molar-refractivity contribution in [3.05, 3.63) is 41.4 Å². The van der Waals surface area contributed by atoms with Gasteiger partial charge in [-0.3, -0.25) is 9.48 Å². The van der Waals surface area contributed by atoms with Gasteiger partial charge in [-0.05, 0) is 46.8 Å². The van der Waals surface area contributed by atoms with Crippen molar-refractivity contribution >= 4 is 11.7 Å². The SMILES string of the molecule is C=CCn1nc(C)c(C2CC(=O)Nc3c2cnn3C2CCN(C)CC2)c1C. The average Bonchev–Trinajstić information content (AvgIpc) is 3.17. The van der Waals surface area contributed by atoms with Gasteiger partial charge in [-0.1, -0.05) is 6.08 Å². The average molecular weight is 368 g/mol. The van der Waals surface area contributed by atoms with E-state index in [1.807, 2.05) is 28.6 Å². The van der Waals surface area contributed by atoms with Crippen LogP contribution in [0.15, 0.2) is 18.9 Å². The first-order valence-electron chi connectivity index (χ1n) is 9.70. The Morgan fingerprint density at radius 3 is 2.78 bits per heavy atom. The lowest BCUT2D eigenvalue weighted by molar-refractivity contribution is -0.116. The van der Waals surface area contributed by atoms with Gasteiger partial charge < -0.3 is 10.2 Å². The van der Waals surface area contributed by atoms with Gasteiger partial charge in [0, 0.05) is 29.2 Å². The van der Waals surface area contributed by atoms with Crippen LogP contribution in [-0.2, 0) is 11.3 Å². The fourth-order valence-corrected chi connectivity index (χ4v) is 4.53. The first-order valence-corrected chi connectivity index (χ1v) is 9.70. The van der Waals surface area contributed by atoms with Crippen molar-refractivity contribution in [2.75, 3.05) is 25.5 Å². The van der Waals surface area contributed by atoms with Crippen molar-refractivity contribution in [3.63, 3.8) is 0 Å². The van der Waals surface area contributed by atoms with E-state index in [4.69, 9.17) is 5.10 Å². The Bertz CT molecular complexity index is 871. The van der Waals surface area contributed by atoms with E-state index in [1.54, 1.807) is 0 Å². The molecule has 4 heterocycles. The highest BCUT2D eigenvalue weighted by molar-refractivity contribution is 5.94. The number of aromatic nitrogens is 4. The molecule has 144 valence electrons. The molecule has 2 aliphatic rings. The highest BCUT2D eigenvalue weighted by Gasteiger charge is 2.35. The molecule has 1 amide bonds. The number of nitrogens with one attached hydrogen (secondary N) is 1. The molecule has 27 heavy (non-hydrogen) atoms. The summed E-state index contributed by atoms with van der Waals surface area (Å²) in [5, 5.41) is 12.5. The molecule has 0 spiro atoms. The van der Waals surface area contributed by atoms with E-state index >= 15 is 0 Å². The first kappa shape index (κ1) is 18.0. The fourth-order valence-electron chi connectivity index (χ4n) is 4.53. The highest BCUT2D eigenvalue weighted by atomic mass is 16.1. The van der Waals surface area contributed by atoms with E-state index in [0.717, 1.165) is 54.3 Å². The van der Waals surface area contributed by atoms with Gasteiger partial charge in [0.2, 0.25) is 5.91 Å². The Hall–Kier alpha value is -2.41. The molecule has 0 bridgehead atoms. The Morgan fingerprint density at radius 2 is 2.07 bits per heavy atom. The second-order valence-electron chi connectivity index (χ2n) is 7.79. The number of hydrogen-bond donors (Lipinski definition) is 1. The summed E-state index contributed by atoms with van der Waals surface area (Å²) in [5.74, 6) is 0.936. The molecule has 0 saturated carbocycles. The number of aryl methyl sites for hydroxylation is 1. The number of fused-ring (bicyclic) bond motifs is 1. The molecular formula is C20H28N6O. The van der Waals surface area contributed by atoms with Crippen LogP contribution in [0.5, 0.6) is 0 Å². The number of carbonyl (C=O) groups excluding carboxylic acids is 1. The van der Waals surface area contributed by atoms with Gasteiger partial charge in [0.25, 0.3) is 0 Å². The Labute approximate surface area is 160 Å². The quantitative estimate of drug-likeness (QED) is 0.843. The third kappa shape index (κ3) is 3.10. The van der Waals surface area contributed by atoms with E-state index in [1.165, 1.54) is 0 Å². The predicted molar refractivity (Wildman–Crippen MR) is 105 cm³/mol. The van der Waals surface area contributed by atoms with Gasteiger partial charge in [0.05, 0.1) is 24.5 Å². The Morgan fingerprint density at radius 1 is 1.33 bits per heavy atom. The molecule has 1 atom stereocenters. The molecule has 0 radical (unpaired) electrons. The fraction of sp³-hybridized carbons (Fsp3) is 0.550. The number of carbonyl (C=O) groups is 1. The van der Waals surface area contributed by atoms with Gasteiger partial charge >= 0.3 is 0 Å². The third-order valence-electron chi connectivity index (χ3n) is 5.97. The van der Waals surface area contributed by atoms with E-state index in [-0.39, 0.29) is 11.8 Å². The predicted octanol–water partition coefficient (Wildman–Crippen LogP) is 2.62. The van der Waals surface area contributed by atoms with E-state index < -0.39 is 0 Å². The zero-order chi connectivity index (χ0) is 19.1. The van der Waals surface area contributed by atoms with Gasteiger partial charge in [-0.15, -0.1) is 6.58 Å². The maximum Gasteiger partial charge on any atom is 0.226 e. The largest absolute Gasteiger partial charge is 0.311 e. The minimum absolute atomic E-state index is 0.00679. The summed E-state index contributed by atoms with van der Waals surface area (Å²) < 4.78 is 4.01. The standard InChI is InChI=1S/C20H28N6O/c1-5-8-25-14(3)19(13(2)23-25)16-11-18(27)22-20-17(16)12-21-26(20)15-6-9-24(4)10-7-15/h5,12,15-16H,1,6-11H2,2-4H3,(H,22,27). The van der Waals surface area contributed by atoms with Crippen molar-refractivity contribution < 1.29 is 4.79 Å². The second kappa shape index (κ2) is 6.96. The van der Waals surface area contributed by atoms with Gasteiger partial charge in [-0.2, -0.15) is 10.2 Å². The van der Waals surface area contributed by atoms with Crippen LogP contribution < -0.4 is 5.32 Å². The number of hydrogen-bond acceptors (Lipinski definition) is 4. The van der Waals surface area contributed by atoms with Crippen molar-refractivity contribution in [1.29, 1.82) is 0 Å². The Kier molecular flexibility index (Phi) is 4.63.